The lowest BCUT2D eigenvalue weighted by Crippen LogP contribution is -2.25. The van der Waals surface area contributed by atoms with Crippen LogP contribution in [0.2, 0.25) is 0 Å². The van der Waals surface area contributed by atoms with Crippen LogP contribution in [0.1, 0.15) is 39.0 Å². The third-order valence-corrected chi connectivity index (χ3v) is 4.66. The third-order valence-electron chi connectivity index (χ3n) is 2.98. The fraction of sp³-hybridized carbons (Fsp3) is 1.00. The van der Waals surface area contributed by atoms with E-state index >= 15 is 0 Å². The summed E-state index contributed by atoms with van der Waals surface area (Å²) in [4.78, 5) is 0. The molecule has 0 radical (unpaired) electrons. The van der Waals surface area contributed by atoms with Gasteiger partial charge >= 0.3 is 0 Å². The maximum absolute atomic E-state index is 11.2. The molecule has 3 heteroatoms. The van der Waals surface area contributed by atoms with Crippen molar-refractivity contribution in [2.45, 2.75) is 44.3 Å². The standard InChI is InChI=1S/C9H18O2S/c1-3-8-4-6-9(7-5-8)12(2,10)11/h8-9H,3-7H2,1-2H3. The van der Waals surface area contributed by atoms with Gasteiger partial charge in [-0.05, 0) is 31.6 Å². The van der Waals surface area contributed by atoms with E-state index in [1.807, 2.05) is 0 Å². The average molecular weight is 190 g/mol. The molecule has 0 aliphatic heterocycles. The molecule has 0 bridgehead atoms. The van der Waals surface area contributed by atoms with Crippen LogP contribution in [0, 0.1) is 5.92 Å². The highest BCUT2D eigenvalue weighted by Gasteiger charge is 2.26. The first-order valence-corrected chi connectivity index (χ1v) is 6.68. The molecule has 0 spiro atoms. The molecule has 1 aliphatic carbocycles. The summed E-state index contributed by atoms with van der Waals surface area (Å²) in [6.07, 6.45) is 6.55. The van der Waals surface area contributed by atoms with E-state index in [4.69, 9.17) is 0 Å². The van der Waals surface area contributed by atoms with Gasteiger partial charge in [-0.15, -0.1) is 0 Å². The summed E-state index contributed by atoms with van der Waals surface area (Å²) in [6, 6.07) is 0. The predicted molar refractivity (Wildman–Crippen MR) is 50.9 cm³/mol. The summed E-state index contributed by atoms with van der Waals surface area (Å²) in [5.74, 6) is 0.781. The Morgan fingerprint density at radius 3 is 2.00 bits per heavy atom. The molecule has 0 heterocycles. The van der Waals surface area contributed by atoms with Gasteiger partial charge in [-0.25, -0.2) is 8.42 Å². The summed E-state index contributed by atoms with van der Waals surface area (Å²) in [7, 11) is -2.76. The molecular weight excluding hydrogens is 172 g/mol. The van der Waals surface area contributed by atoms with Crippen LogP contribution >= 0.6 is 0 Å². The van der Waals surface area contributed by atoms with E-state index in [0.717, 1.165) is 31.6 Å². The maximum atomic E-state index is 11.2. The van der Waals surface area contributed by atoms with E-state index in [-0.39, 0.29) is 5.25 Å². The van der Waals surface area contributed by atoms with Crippen molar-refractivity contribution >= 4 is 9.84 Å². The molecule has 72 valence electrons. The summed E-state index contributed by atoms with van der Waals surface area (Å²) in [5, 5.41) is -0.0414. The zero-order chi connectivity index (χ0) is 9.19. The van der Waals surface area contributed by atoms with Crippen molar-refractivity contribution in [3.63, 3.8) is 0 Å². The molecule has 0 amide bonds. The van der Waals surface area contributed by atoms with Gasteiger partial charge in [-0.2, -0.15) is 0 Å². The molecule has 12 heavy (non-hydrogen) atoms. The van der Waals surface area contributed by atoms with Gasteiger partial charge in [0.25, 0.3) is 0 Å². The first kappa shape index (κ1) is 10.0. The first-order chi connectivity index (χ1) is 5.54. The van der Waals surface area contributed by atoms with Crippen LogP contribution in [0.25, 0.3) is 0 Å². The molecule has 0 aromatic heterocycles. The second-order valence-electron chi connectivity index (χ2n) is 3.88. The Labute approximate surface area is 75.3 Å². The SMILES string of the molecule is CCC1CCC(S(C)(=O)=O)CC1. The minimum atomic E-state index is -2.76. The lowest BCUT2D eigenvalue weighted by atomic mass is 9.87. The Hall–Kier alpha value is -0.0500. The van der Waals surface area contributed by atoms with Gasteiger partial charge in [0.1, 0.15) is 9.84 Å². The monoisotopic (exact) mass is 190 g/mol. The van der Waals surface area contributed by atoms with Crippen molar-refractivity contribution in [1.29, 1.82) is 0 Å². The van der Waals surface area contributed by atoms with Crippen LogP contribution in [-0.2, 0) is 9.84 Å². The lowest BCUT2D eigenvalue weighted by Gasteiger charge is -2.26. The van der Waals surface area contributed by atoms with Crippen molar-refractivity contribution < 1.29 is 8.42 Å². The first-order valence-electron chi connectivity index (χ1n) is 4.73. The van der Waals surface area contributed by atoms with Crippen LogP contribution in [0.15, 0.2) is 0 Å². The average Bonchev–Trinajstić information content (AvgIpc) is 2.03. The molecule has 1 rings (SSSR count). The molecule has 0 aromatic rings. The largest absolute Gasteiger partial charge is 0.229 e. The number of hydrogen-bond donors (Lipinski definition) is 0. The molecule has 0 aromatic carbocycles. The van der Waals surface area contributed by atoms with E-state index < -0.39 is 9.84 Å². The number of rotatable bonds is 2. The van der Waals surface area contributed by atoms with E-state index in [9.17, 15) is 8.42 Å². The van der Waals surface area contributed by atoms with Crippen molar-refractivity contribution in [3.8, 4) is 0 Å². The van der Waals surface area contributed by atoms with Crippen molar-refractivity contribution in [3.05, 3.63) is 0 Å². The molecule has 0 N–H and O–H groups in total. The van der Waals surface area contributed by atoms with Crippen molar-refractivity contribution in [1.82, 2.24) is 0 Å². The summed E-state index contributed by atoms with van der Waals surface area (Å²) >= 11 is 0. The Morgan fingerprint density at radius 1 is 1.17 bits per heavy atom. The lowest BCUT2D eigenvalue weighted by molar-refractivity contribution is 0.349. The van der Waals surface area contributed by atoms with Gasteiger partial charge in [0.15, 0.2) is 0 Å². The zero-order valence-electron chi connectivity index (χ0n) is 7.91. The van der Waals surface area contributed by atoms with Gasteiger partial charge in [-0.1, -0.05) is 13.3 Å². The zero-order valence-corrected chi connectivity index (χ0v) is 8.73. The second kappa shape index (κ2) is 3.77. The minimum absolute atomic E-state index is 0.0414. The highest BCUT2D eigenvalue weighted by molar-refractivity contribution is 7.91. The van der Waals surface area contributed by atoms with Gasteiger partial charge in [0, 0.05) is 6.26 Å². The van der Waals surface area contributed by atoms with Crippen molar-refractivity contribution in [2.75, 3.05) is 6.26 Å². The number of hydrogen-bond acceptors (Lipinski definition) is 2. The fourth-order valence-corrected chi connectivity index (χ4v) is 3.10. The van der Waals surface area contributed by atoms with Crippen LogP contribution in [0.5, 0.6) is 0 Å². The minimum Gasteiger partial charge on any atom is -0.229 e. The quantitative estimate of drug-likeness (QED) is 0.667. The Kier molecular flexibility index (Phi) is 3.16. The van der Waals surface area contributed by atoms with Crippen LogP contribution in [0.4, 0.5) is 0 Å². The summed E-state index contributed by atoms with van der Waals surface area (Å²) < 4.78 is 22.4. The van der Waals surface area contributed by atoms with Gasteiger partial charge in [-0.3, -0.25) is 0 Å². The van der Waals surface area contributed by atoms with E-state index in [2.05, 4.69) is 6.92 Å². The normalized spacial score (nSPS) is 31.8. The highest BCUT2D eigenvalue weighted by Crippen LogP contribution is 2.29. The van der Waals surface area contributed by atoms with E-state index in [0.29, 0.717) is 0 Å². The van der Waals surface area contributed by atoms with Crippen LogP contribution in [0.3, 0.4) is 0 Å². The molecule has 0 saturated heterocycles. The fourth-order valence-electron chi connectivity index (χ4n) is 1.97. The molecule has 0 atom stereocenters. The smallest absolute Gasteiger partial charge is 0.150 e. The summed E-state index contributed by atoms with van der Waals surface area (Å²) in [6.45, 7) is 2.19. The number of sulfone groups is 1. The topological polar surface area (TPSA) is 34.1 Å². The van der Waals surface area contributed by atoms with Gasteiger partial charge < -0.3 is 0 Å². The molecule has 1 fully saturated rings. The molecule has 1 aliphatic rings. The molecular formula is C9H18O2S. The van der Waals surface area contributed by atoms with E-state index in [1.54, 1.807) is 0 Å². The Balaban J connectivity index is 2.47. The van der Waals surface area contributed by atoms with Crippen LogP contribution in [-0.4, -0.2) is 19.9 Å². The molecule has 1 saturated carbocycles. The Morgan fingerprint density at radius 2 is 1.67 bits per heavy atom. The highest BCUT2D eigenvalue weighted by atomic mass is 32.2. The van der Waals surface area contributed by atoms with Gasteiger partial charge in [0.05, 0.1) is 5.25 Å². The molecule has 0 unspecified atom stereocenters. The molecule has 2 nitrogen and oxygen atoms in total. The summed E-state index contributed by atoms with van der Waals surface area (Å²) in [5.41, 5.74) is 0. The van der Waals surface area contributed by atoms with Crippen molar-refractivity contribution in [2.24, 2.45) is 5.92 Å². The van der Waals surface area contributed by atoms with E-state index in [1.165, 1.54) is 12.7 Å². The second-order valence-corrected chi connectivity index (χ2v) is 6.21. The van der Waals surface area contributed by atoms with Crippen LogP contribution < -0.4 is 0 Å². The predicted octanol–water partition coefficient (Wildman–Crippen LogP) is 2.00. The third kappa shape index (κ3) is 2.47. The van der Waals surface area contributed by atoms with Gasteiger partial charge in [0.2, 0.25) is 0 Å². The Bertz CT molecular complexity index is 223. The maximum Gasteiger partial charge on any atom is 0.150 e.